The molecule has 0 radical (unpaired) electrons. The molecule has 2 amide bonds. The first-order chi connectivity index (χ1) is 10.1. The van der Waals surface area contributed by atoms with Crippen molar-refractivity contribution < 1.29 is 19.1 Å². The number of hydrogen-bond acceptors (Lipinski definition) is 5. The number of thioether (sulfide) groups is 1. The highest BCUT2D eigenvalue weighted by molar-refractivity contribution is 8.14. The lowest BCUT2D eigenvalue weighted by Gasteiger charge is -2.25. The number of hydrogen-bond donors (Lipinski definition) is 0. The largest absolute Gasteiger partial charge is 0.444 e. The molecule has 0 saturated carbocycles. The Morgan fingerprint density at radius 1 is 1.41 bits per heavy atom. The molecular weight excluding hydrogens is 304 g/mol. The Hall–Kier alpha value is -1.24. The quantitative estimate of drug-likeness (QED) is 0.772. The first-order valence-corrected chi connectivity index (χ1v) is 8.35. The van der Waals surface area contributed by atoms with E-state index >= 15 is 0 Å². The molecule has 1 heterocycles. The normalized spacial score (nSPS) is 18.5. The summed E-state index contributed by atoms with van der Waals surface area (Å²) in [6.45, 7) is 8.74. The minimum absolute atomic E-state index is 0.0457. The summed E-state index contributed by atoms with van der Waals surface area (Å²) in [4.78, 5) is 38.0. The van der Waals surface area contributed by atoms with Gasteiger partial charge in [-0.15, -0.1) is 0 Å². The van der Waals surface area contributed by atoms with Gasteiger partial charge in [-0.2, -0.15) is 0 Å². The third kappa shape index (κ3) is 6.68. The van der Waals surface area contributed by atoms with Gasteiger partial charge < -0.3 is 14.5 Å². The lowest BCUT2D eigenvalue weighted by atomic mass is 10.2. The van der Waals surface area contributed by atoms with Crippen molar-refractivity contribution in [2.75, 3.05) is 26.7 Å². The maximum absolute atomic E-state index is 11.9. The predicted molar refractivity (Wildman–Crippen MR) is 86.7 cm³/mol. The van der Waals surface area contributed by atoms with Gasteiger partial charge in [-0.05, 0) is 27.2 Å². The lowest BCUT2D eigenvalue weighted by Crippen LogP contribution is -2.36. The van der Waals surface area contributed by atoms with Gasteiger partial charge in [0.15, 0.2) is 5.12 Å². The molecule has 1 aliphatic rings. The zero-order chi connectivity index (χ0) is 16.9. The summed E-state index contributed by atoms with van der Waals surface area (Å²) in [6, 6.07) is 0. The highest BCUT2D eigenvalue weighted by Crippen LogP contribution is 2.24. The average Bonchev–Trinajstić information content (AvgIpc) is 2.66. The smallest absolute Gasteiger partial charge is 0.410 e. The molecule has 0 N–H and O–H groups in total. The Bertz CT molecular complexity index is 434. The minimum atomic E-state index is -0.507. The maximum atomic E-state index is 11.9. The summed E-state index contributed by atoms with van der Waals surface area (Å²) >= 11 is 1.23. The zero-order valence-corrected chi connectivity index (χ0v) is 14.9. The first-order valence-electron chi connectivity index (χ1n) is 7.47. The van der Waals surface area contributed by atoms with Gasteiger partial charge in [0.1, 0.15) is 5.60 Å². The van der Waals surface area contributed by atoms with Crippen molar-refractivity contribution in [3.8, 4) is 0 Å². The van der Waals surface area contributed by atoms with E-state index in [-0.39, 0.29) is 22.4 Å². The Kier molecular flexibility index (Phi) is 6.71. The van der Waals surface area contributed by atoms with Crippen molar-refractivity contribution in [3.63, 3.8) is 0 Å². The third-order valence-corrected chi connectivity index (χ3v) is 4.12. The average molecular weight is 330 g/mol. The van der Waals surface area contributed by atoms with Gasteiger partial charge in [0.05, 0.1) is 0 Å². The van der Waals surface area contributed by atoms with E-state index in [9.17, 15) is 14.4 Å². The molecule has 1 unspecified atom stereocenters. The molecule has 0 bridgehead atoms. The summed E-state index contributed by atoms with van der Waals surface area (Å²) in [6.07, 6.45) is 0.760. The molecule has 0 spiro atoms. The molecule has 1 rings (SSSR count). The second-order valence-corrected chi connectivity index (χ2v) is 8.01. The number of nitrogens with zero attached hydrogens (tertiary/aromatic N) is 2. The SMILES string of the molecule is CC(=O)SC1CC(=O)N(CCCN(C)C(=O)OC(C)(C)C)C1. The van der Waals surface area contributed by atoms with Crippen LogP contribution in [-0.4, -0.2) is 64.4 Å². The highest BCUT2D eigenvalue weighted by Gasteiger charge is 2.30. The summed E-state index contributed by atoms with van der Waals surface area (Å²) < 4.78 is 5.27. The van der Waals surface area contributed by atoms with Crippen LogP contribution in [0.4, 0.5) is 4.79 Å². The first kappa shape index (κ1) is 18.8. The van der Waals surface area contributed by atoms with Crippen LogP contribution < -0.4 is 0 Å². The van der Waals surface area contributed by atoms with Crippen LogP contribution in [0, 0.1) is 0 Å². The second kappa shape index (κ2) is 7.85. The third-order valence-electron chi connectivity index (χ3n) is 3.14. The minimum Gasteiger partial charge on any atom is -0.444 e. The number of ether oxygens (including phenoxy) is 1. The molecular formula is C15H26N2O4S. The van der Waals surface area contributed by atoms with Crippen LogP contribution >= 0.6 is 11.8 Å². The van der Waals surface area contributed by atoms with Crippen molar-refractivity contribution in [1.82, 2.24) is 9.80 Å². The van der Waals surface area contributed by atoms with Crippen molar-refractivity contribution >= 4 is 28.9 Å². The fraction of sp³-hybridized carbons (Fsp3) is 0.800. The van der Waals surface area contributed by atoms with Crippen LogP contribution in [0.25, 0.3) is 0 Å². The molecule has 126 valence electrons. The van der Waals surface area contributed by atoms with Crippen LogP contribution in [0.3, 0.4) is 0 Å². The van der Waals surface area contributed by atoms with Crippen LogP contribution in [0.2, 0.25) is 0 Å². The molecule has 7 heteroatoms. The van der Waals surface area contributed by atoms with Crippen LogP contribution in [0.1, 0.15) is 40.5 Å². The number of carbonyl (C=O) groups excluding carboxylic acids is 3. The Labute approximate surface area is 136 Å². The molecule has 0 aliphatic carbocycles. The van der Waals surface area contributed by atoms with Gasteiger partial charge in [0.2, 0.25) is 5.91 Å². The van der Waals surface area contributed by atoms with Crippen LogP contribution in [0.5, 0.6) is 0 Å². The van der Waals surface area contributed by atoms with Crippen molar-refractivity contribution in [1.29, 1.82) is 0 Å². The maximum Gasteiger partial charge on any atom is 0.410 e. The van der Waals surface area contributed by atoms with Gasteiger partial charge >= 0.3 is 6.09 Å². The molecule has 0 aromatic heterocycles. The van der Waals surface area contributed by atoms with E-state index in [0.717, 1.165) is 0 Å². The van der Waals surface area contributed by atoms with Gasteiger partial charge in [0, 0.05) is 45.3 Å². The molecule has 1 saturated heterocycles. The van der Waals surface area contributed by atoms with E-state index < -0.39 is 5.60 Å². The van der Waals surface area contributed by atoms with Gasteiger partial charge in [0.25, 0.3) is 0 Å². The molecule has 22 heavy (non-hydrogen) atoms. The van der Waals surface area contributed by atoms with Gasteiger partial charge in [-0.1, -0.05) is 11.8 Å². The highest BCUT2D eigenvalue weighted by atomic mass is 32.2. The van der Waals surface area contributed by atoms with Crippen molar-refractivity contribution in [2.24, 2.45) is 0 Å². The van der Waals surface area contributed by atoms with Crippen LogP contribution in [-0.2, 0) is 14.3 Å². The van der Waals surface area contributed by atoms with E-state index in [0.29, 0.717) is 32.5 Å². The summed E-state index contributed by atoms with van der Waals surface area (Å²) in [7, 11) is 1.69. The van der Waals surface area contributed by atoms with Crippen molar-refractivity contribution in [2.45, 2.75) is 51.4 Å². The zero-order valence-electron chi connectivity index (χ0n) is 14.0. The summed E-state index contributed by atoms with van der Waals surface area (Å²) in [5.41, 5.74) is -0.507. The standard InChI is InChI=1S/C15H26N2O4S/c1-11(18)22-12-9-13(19)17(10-12)8-6-7-16(5)14(20)21-15(2,3)4/h12H,6-10H2,1-5H3. The Morgan fingerprint density at radius 3 is 2.59 bits per heavy atom. The number of rotatable bonds is 5. The molecule has 0 aromatic carbocycles. The molecule has 1 atom stereocenters. The van der Waals surface area contributed by atoms with E-state index in [1.807, 2.05) is 20.8 Å². The topological polar surface area (TPSA) is 66.9 Å². The fourth-order valence-corrected chi connectivity index (χ4v) is 3.15. The number of likely N-dealkylation sites (tertiary alicyclic amines) is 1. The Balaban J connectivity index is 2.31. The van der Waals surface area contributed by atoms with Crippen molar-refractivity contribution in [3.05, 3.63) is 0 Å². The molecule has 6 nitrogen and oxygen atoms in total. The number of amides is 2. The number of carbonyl (C=O) groups is 3. The molecule has 0 aromatic rings. The van der Waals surface area contributed by atoms with Crippen LogP contribution in [0.15, 0.2) is 0 Å². The molecule has 1 fully saturated rings. The molecule has 1 aliphatic heterocycles. The predicted octanol–water partition coefficient (Wildman–Crippen LogP) is 2.12. The van der Waals surface area contributed by atoms with Gasteiger partial charge in [-0.3, -0.25) is 9.59 Å². The lowest BCUT2D eigenvalue weighted by molar-refractivity contribution is -0.127. The monoisotopic (exact) mass is 330 g/mol. The van der Waals surface area contributed by atoms with E-state index in [4.69, 9.17) is 4.74 Å². The second-order valence-electron chi connectivity index (χ2n) is 6.53. The summed E-state index contributed by atoms with van der Waals surface area (Å²) in [5.74, 6) is 0.0821. The van der Waals surface area contributed by atoms with E-state index in [2.05, 4.69) is 0 Å². The van der Waals surface area contributed by atoms with Gasteiger partial charge in [-0.25, -0.2) is 4.79 Å². The Morgan fingerprint density at radius 2 is 2.05 bits per heavy atom. The fourth-order valence-electron chi connectivity index (χ4n) is 2.20. The van der Waals surface area contributed by atoms with E-state index in [1.54, 1.807) is 11.9 Å². The summed E-state index contributed by atoms with van der Waals surface area (Å²) in [5, 5.41) is 0.109. The van der Waals surface area contributed by atoms with E-state index in [1.165, 1.54) is 23.6 Å².